The number of carbonyl (C=O) groups is 1. The Labute approximate surface area is 201 Å². The number of aryl methyl sites for hydroxylation is 1. The first-order valence-electron chi connectivity index (χ1n) is 10.4. The minimum atomic E-state index is -0.430. The predicted octanol–water partition coefficient (Wildman–Crippen LogP) is 6.46. The van der Waals surface area contributed by atoms with E-state index < -0.39 is 5.91 Å². The zero-order chi connectivity index (χ0) is 23.2. The fourth-order valence-corrected chi connectivity index (χ4v) is 5.45. The summed E-state index contributed by atoms with van der Waals surface area (Å²) in [6.45, 7) is 8.12. The van der Waals surface area contributed by atoms with Crippen molar-refractivity contribution in [3.63, 3.8) is 0 Å². The van der Waals surface area contributed by atoms with Crippen molar-refractivity contribution in [2.75, 3.05) is 0 Å². The van der Waals surface area contributed by atoms with Crippen molar-refractivity contribution in [3.8, 4) is 5.69 Å². The third-order valence-corrected chi connectivity index (χ3v) is 7.35. The monoisotopic (exact) mass is 487 g/mol. The van der Waals surface area contributed by atoms with E-state index in [2.05, 4.69) is 23.9 Å². The molecule has 2 aromatic rings. The topological polar surface area (TPSA) is 73.8 Å². The molecule has 0 aliphatic carbocycles. The van der Waals surface area contributed by atoms with Crippen molar-refractivity contribution in [2.24, 2.45) is 16.0 Å². The number of carbonyl (C=O) groups excluding carboxylic acids is 1. The number of fused-ring (bicyclic) bond motifs is 1. The Morgan fingerprint density at radius 3 is 2.59 bits per heavy atom. The van der Waals surface area contributed by atoms with Gasteiger partial charge in [-0.2, -0.15) is 15.1 Å². The molecule has 6 nitrogen and oxygen atoms in total. The molecule has 1 aromatic carbocycles. The predicted molar refractivity (Wildman–Crippen MR) is 134 cm³/mol. The first-order chi connectivity index (χ1) is 15.2. The van der Waals surface area contributed by atoms with Crippen LogP contribution in [0.5, 0.6) is 0 Å². The lowest BCUT2D eigenvalue weighted by Gasteiger charge is -2.20. The number of benzene rings is 1. The van der Waals surface area contributed by atoms with Gasteiger partial charge in [-0.25, -0.2) is 0 Å². The molecular formula is C23H23Cl2N5OS. The fraction of sp³-hybridized carbons (Fsp3) is 0.304. The maximum atomic E-state index is 12.8. The number of nitrogens with zero attached hydrogens (tertiary/aromatic N) is 4. The summed E-state index contributed by atoms with van der Waals surface area (Å²) in [5.74, 6) is -0.0932. The molecule has 0 atom stereocenters. The summed E-state index contributed by atoms with van der Waals surface area (Å²) in [6.07, 6.45) is 3.61. The van der Waals surface area contributed by atoms with Crippen LogP contribution in [0.3, 0.4) is 0 Å². The minimum Gasteiger partial charge on any atom is -0.316 e. The van der Waals surface area contributed by atoms with Crippen LogP contribution in [0.15, 0.2) is 39.9 Å². The normalized spacial score (nSPS) is 17.3. The molecule has 1 N–H and O–H groups in total. The highest BCUT2D eigenvalue weighted by Crippen LogP contribution is 2.34. The highest BCUT2D eigenvalue weighted by atomic mass is 35.5. The molecule has 2 aliphatic rings. The van der Waals surface area contributed by atoms with Crippen LogP contribution in [0.2, 0.25) is 10.0 Å². The Hall–Kier alpha value is -2.35. The number of rotatable bonds is 5. The largest absolute Gasteiger partial charge is 0.316 e. The number of amidine groups is 2. The zero-order valence-corrected chi connectivity index (χ0v) is 20.6. The van der Waals surface area contributed by atoms with Gasteiger partial charge in [0.25, 0.3) is 5.91 Å². The molecule has 0 spiro atoms. The van der Waals surface area contributed by atoms with Crippen LogP contribution >= 0.6 is 35.0 Å². The van der Waals surface area contributed by atoms with E-state index in [4.69, 9.17) is 28.6 Å². The summed E-state index contributed by atoms with van der Waals surface area (Å²) in [6, 6.07) is 7.26. The summed E-state index contributed by atoms with van der Waals surface area (Å²) >= 11 is 14.0. The third-order valence-electron chi connectivity index (χ3n) is 5.72. The second kappa shape index (κ2) is 8.89. The van der Waals surface area contributed by atoms with E-state index in [1.54, 1.807) is 24.3 Å². The number of aliphatic imine (C=N–C) groups is 1. The Bertz CT molecular complexity index is 1220. The van der Waals surface area contributed by atoms with E-state index in [9.17, 15) is 4.79 Å². The molecule has 2 aliphatic heterocycles. The highest BCUT2D eigenvalue weighted by Gasteiger charge is 2.37. The Kier molecular flexibility index (Phi) is 6.34. The molecule has 0 unspecified atom stereocenters. The van der Waals surface area contributed by atoms with Gasteiger partial charge in [-0.1, -0.05) is 37.0 Å². The van der Waals surface area contributed by atoms with E-state index in [0.717, 1.165) is 40.5 Å². The van der Waals surface area contributed by atoms with Gasteiger partial charge in [0.1, 0.15) is 5.04 Å². The van der Waals surface area contributed by atoms with Gasteiger partial charge in [-0.05, 0) is 74.4 Å². The molecule has 0 bridgehead atoms. The van der Waals surface area contributed by atoms with E-state index in [0.29, 0.717) is 21.1 Å². The van der Waals surface area contributed by atoms with Crippen LogP contribution in [-0.4, -0.2) is 31.5 Å². The smallest absolute Gasteiger partial charge is 0.283 e. The number of hydrogen-bond donors (Lipinski definition) is 1. The lowest BCUT2D eigenvalue weighted by molar-refractivity contribution is -0.114. The summed E-state index contributed by atoms with van der Waals surface area (Å²) in [4.78, 5) is 17.0. The molecule has 0 saturated carbocycles. The van der Waals surface area contributed by atoms with Crippen molar-refractivity contribution >= 4 is 63.0 Å². The lowest BCUT2D eigenvalue weighted by Crippen LogP contribution is -2.35. The van der Waals surface area contributed by atoms with Crippen molar-refractivity contribution in [3.05, 3.63) is 56.8 Å². The van der Waals surface area contributed by atoms with Crippen molar-refractivity contribution in [1.29, 1.82) is 5.41 Å². The number of amides is 1. The summed E-state index contributed by atoms with van der Waals surface area (Å²) in [5.41, 5.74) is 3.59. The van der Waals surface area contributed by atoms with Gasteiger partial charge in [-0.15, -0.1) is 0 Å². The van der Waals surface area contributed by atoms with Crippen LogP contribution < -0.4 is 0 Å². The first-order valence-corrected chi connectivity index (χ1v) is 12.0. The molecule has 166 valence electrons. The fourth-order valence-electron chi connectivity index (χ4n) is 3.93. The van der Waals surface area contributed by atoms with Crippen LogP contribution in [0.4, 0.5) is 0 Å². The Morgan fingerprint density at radius 1 is 1.19 bits per heavy atom. The molecule has 0 radical (unpaired) electrons. The molecule has 3 heterocycles. The Balaban J connectivity index is 1.74. The molecule has 1 aromatic heterocycles. The van der Waals surface area contributed by atoms with E-state index in [1.165, 1.54) is 16.8 Å². The molecule has 4 rings (SSSR count). The number of thioether (sulfide) groups is 1. The van der Waals surface area contributed by atoms with E-state index >= 15 is 0 Å². The summed E-state index contributed by atoms with van der Waals surface area (Å²) < 4.78 is 1.99. The maximum Gasteiger partial charge on any atom is 0.283 e. The van der Waals surface area contributed by atoms with Crippen molar-refractivity contribution in [2.45, 2.75) is 40.5 Å². The average molecular weight is 488 g/mol. The van der Waals surface area contributed by atoms with Crippen molar-refractivity contribution < 1.29 is 4.79 Å². The van der Waals surface area contributed by atoms with Gasteiger partial charge < -0.3 is 4.57 Å². The van der Waals surface area contributed by atoms with Gasteiger partial charge in [0.15, 0.2) is 5.84 Å². The SMILES string of the molecule is CCC(CC)C1=NN2C(=N)/C(=C/c3cc(C)n(-c4cc(Cl)ccc4Cl)c3C)C(=O)N=C2S1. The van der Waals surface area contributed by atoms with E-state index in [-0.39, 0.29) is 11.4 Å². The molecule has 9 heteroatoms. The zero-order valence-electron chi connectivity index (χ0n) is 18.2. The number of hydrazone groups is 1. The first kappa shape index (κ1) is 22.8. The molecule has 0 saturated heterocycles. The second-order valence-electron chi connectivity index (χ2n) is 7.73. The minimum absolute atomic E-state index is 0.0408. The highest BCUT2D eigenvalue weighted by molar-refractivity contribution is 8.27. The standard InChI is InChI=1S/C23H23Cl2N5OS/c1-5-14(6-2)22-28-30-20(26)17(21(31)27-23(30)32-22)10-15-9-12(3)29(13(15)4)19-11-16(24)7-8-18(19)25/h7-11,14,26H,5-6H2,1-4H3/b17-10-,26-20?. The Morgan fingerprint density at radius 2 is 1.91 bits per heavy atom. The van der Waals surface area contributed by atoms with Gasteiger partial charge in [0.05, 0.1) is 16.3 Å². The lowest BCUT2D eigenvalue weighted by atomic mass is 10.1. The van der Waals surface area contributed by atoms with E-state index in [1.807, 2.05) is 24.5 Å². The number of nitrogens with one attached hydrogen (secondary N) is 1. The quantitative estimate of drug-likeness (QED) is 0.491. The maximum absolute atomic E-state index is 12.8. The summed E-state index contributed by atoms with van der Waals surface area (Å²) in [7, 11) is 0. The van der Waals surface area contributed by atoms with Crippen molar-refractivity contribution in [1.82, 2.24) is 9.58 Å². The number of hydrogen-bond acceptors (Lipinski definition) is 4. The third kappa shape index (κ3) is 3.93. The van der Waals surface area contributed by atoms with Crippen LogP contribution in [0, 0.1) is 25.2 Å². The van der Waals surface area contributed by atoms with Gasteiger partial charge in [0.2, 0.25) is 5.17 Å². The van der Waals surface area contributed by atoms with Gasteiger partial charge in [-0.3, -0.25) is 10.2 Å². The van der Waals surface area contributed by atoms with Gasteiger partial charge >= 0.3 is 0 Å². The number of halogens is 2. The average Bonchev–Trinajstić information content (AvgIpc) is 3.29. The number of aromatic nitrogens is 1. The van der Waals surface area contributed by atoms with Crippen LogP contribution in [-0.2, 0) is 4.79 Å². The molecule has 1 amide bonds. The van der Waals surface area contributed by atoms with Gasteiger partial charge in [0, 0.05) is 22.3 Å². The molecule has 0 fully saturated rings. The van der Waals surface area contributed by atoms with Crippen LogP contribution in [0.25, 0.3) is 11.8 Å². The molecular weight excluding hydrogens is 465 g/mol. The van der Waals surface area contributed by atoms with Crippen LogP contribution in [0.1, 0.15) is 43.6 Å². The molecule has 32 heavy (non-hydrogen) atoms. The summed E-state index contributed by atoms with van der Waals surface area (Å²) in [5, 5.41) is 17.2. The second-order valence-corrected chi connectivity index (χ2v) is 9.56.